The SMILES string of the molecule is Cc1nn(-c2ccc(Cl)cc2)c2[nH]c(=O)c(CNC[C@H]3CCCO3)cc12. The number of aromatic nitrogens is 3. The minimum Gasteiger partial charge on any atom is -0.377 e. The summed E-state index contributed by atoms with van der Waals surface area (Å²) < 4.78 is 7.34. The molecule has 0 radical (unpaired) electrons. The Morgan fingerprint density at radius 1 is 1.38 bits per heavy atom. The third kappa shape index (κ3) is 3.40. The van der Waals surface area contributed by atoms with E-state index in [0.717, 1.165) is 42.8 Å². The van der Waals surface area contributed by atoms with Crippen LogP contribution in [0.4, 0.5) is 0 Å². The second-order valence-corrected chi connectivity index (χ2v) is 7.06. The van der Waals surface area contributed by atoms with Gasteiger partial charge in [0, 0.05) is 35.7 Å². The van der Waals surface area contributed by atoms with Gasteiger partial charge in [-0.05, 0) is 50.1 Å². The summed E-state index contributed by atoms with van der Waals surface area (Å²) in [4.78, 5) is 15.5. The fourth-order valence-electron chi connectivity index (χ4n) is 3.33. The van der Waals surface area contributed by atoms with Gasteiger partial charge < -0.3 is 15.0 Å². The smallest absolute Gasteiger partial charge is 0.254 e. The van der Waals surface area contributed by atoms with Gasteiger partial charge in [0.2, 0.25) is 0 Å². The number of nitrogens with one attached hydrogen (secondary N) is 2. The van der Waals surface area contributed by atoms with E-state index in [9.17, 15) is 4.79 Å². The molecule has 7 heteroatoms. The molecule has 1 aliphatic heterocycles. The van der Waals surface area contributed by atoms with Crippen molar-refractivity contribution in [2.75, 3.05) is 13.2 Å². The van der Waals surface area contributed by atoms with Gasteiger partial charge in [0.25, 0.3) is 5.56 Å². The number of hydrogen-bond acceptors (Lipinski definition) is 4. The van der Waals surface area contributed by atoms with Crippen LogP contribution in [0.15, 0.2) is 35.1 Å². The quantitative estimate of drug-likeness (QED) is 0.722. The molecule has 1 aliphatic rings. The van der Waals surface area contributed by atoms with Crippen molar-refractivity contribution in [2.45, 2.75) is 32.4 Å². The number of aromatic amines is 1. The zero-order valence-electron chi connectivity index (χ0n) is 14.6. The molecule has 2 aromatic heterocycles. The van der Waals surface area contributed by atoms with Crippen molar-refractivity contribution < 1.29 is 4.74 Å². The van der Waals surface area contributed by atoms with E-state index in [1.807, 2.05) is 25.1 Å². The molecule has 0 saturated carbocycles. The molecule has 3 heterocycles. The molecule has 0 bridgehead atoms. The fraction of sp³-hybridized carbons (Fsp3) is 0.368. The van der Waals surface area contributed by atoms with Crippen LogP contribution in [-0.4, -0.2) is 34.0 Å². The second kappa shape index (κ2) is 7.23. The lowest BCUT2D eigenvalue weighted by Crippen LogP contribution is -2.28. The molecule has 136 valence electrons. The maximum Gasteiger partial charge on any atom is 0.254 e. The van der Waals surface area contributed by atoms with Crippen molar-refractivity contribution in [3.8, 4) is 5.69 Å². The van der Waals surface area contributed by atoms with E-state index >= 15 is 0 Å². The van der Waals surface area contributed by atoms with Crippen LogP contribution in [0, 0.1) is 6.92 Å². The highest BCUT2D eigenvalue weighted by Gasteiger charge is 2.16. The summed E-state index contributed by atoms with van der Waals surface area (Å²) in [7, 11) is 0. The monoisotopic (exact) mass is 372 g/mol. The van der Waals surface area contributed by atoms with E-state index in [4.69, 9.17) is 16.3 Å². The zero-order chi connectivity index (χ0) is 18.1. The third-order valence-electron chi connectivity index (χ3n) is 4.73. The minimum atomic E-state index is -0.104. The molecule has 26 heavy (non-hydrogen) atoms. The molecular formula is C19H21ClN4O2. The Labute approximate surface area is 156 Å². The van der Waals surface area contributed by atoms with E-state index in [1.54, 1.807) is 16.8 Å². The van der Waals surface area contributed by atoms with Crippen LogP contribution in [0.1, 0.15) is 24.1 Å². The van der Waals surface area contributed by atoms with Gasteiger partial charge in [-0.2, -0.15) is 5.10 Å². The second-order valence-electron chi connectivity index (χ2n) is 6.63. The largest absolute Gasteiger partial charge is 0.377 e. The first kappa shape index (κ1) is 17.3. The fourth-order valence-corrected chi connectivity index (χ4v) is 3.46. The van der Waals surface area contributed by atoms with Crippen LogP contribution in [0.5, 0.6) is 0 Å². The van der Waals surface area contributed by atoms with Gasteiger partial charge >= 0.3 is 0 Å². The molecule has 2 N–H and O–H groups in total. The Bertz CT molecular complexity index is 972. The first-order chi connectivity index (χ1) is 12.6. The molecule has 3 aromatic rings. The topological polar surface area (TPSA) is 71.9 Å². The number of rotatable bonds is 5. The molecule has 6 nitrogen and oxygen atoms in total. The van der Waals surface area contributed by atoms with E-state index in [0.29, 0.717) is 22.8 Å². The van der Waals surface area contributed by atoms with E-state index in [2.05, 4.69) is 15.4 Å². The van der Waals surface area contributed by atoms with Crippen LogP contribution in [-0.2, 0) is 11.3 Å². The predicted octanol–water partition coefficient (Wildman–Crippen LogP) is 2.94. The lowest BCUT2D eigenvalue weighted by molar-refractivity contribution is 0.110. The van der Waals surface area contributed by atoms with Gasteiger partial charge in [0.15, 0.2) is 0 Å². The van der Waals surface area contributed by atoms with Crippen molar-refractivity contribution in [2.24, 2.45) is 0 Å². The zero-order valence-corrected chi connectivity index (χ0v) is 15.3. The normalized spacial score (nSPS) is 17.2. The summed E-state index contributed by atoms with van der Waals surface area (Å²) in [6.07, 6.45) is 2.45. The summed E-state index contributed by atoms with van der Waals surface area (Å²) in [5, 5.41) is 9.51. The van der Waals surface area contributed by atoms with Gasteiger partial charge in [-0.3, -0.25) is 4.79 Å². The van der Waals surface area contributed by atoms with E-state index < -0.39 is 0 Å². The number of hydrogen-bond donors (Lipinski definition) is 2. The van der Waals surface area contributed by atoms with Crippen LogP contribution in [0.25, 0.3) is 16.7 Å². The van der Waals surface area contributed by atoms with E-state index in [-0.39, 0.29) is 11.7 Å². The van der Waals surface area contributed by atoms with Gasteiger partial charge in [-0.15, -0.1) is 0 Å². The summed E-state index contributed by atoms with van der Waals surface area (Å²) in [5.74, 6) is 0. The highest BCUT2D eigenvalue weighted by atomic mass is 35.5. The standard InChI is InChI=1S/C19H21ClN4O2/c1-12-17-9-13(10-21-11-16-3-2-8-26-16)19(25)22-18(17)24(23-12)15-6-4-14(20)5-7-15/h4-7,9,16,21H,2-3,8,10-11H2,1H3,(H,22,25)/t16-/m1/s1. The van der Waals surface area contributed by atoms with Gasteiger partial charge in [0.1, 0.15) is 5.65 Å². The molecule has 1 atom stereocenters. The summed E-state index contributed by atoms with van der Waals surface area (Å²) >= 11 is 5.96. The molecule has 4 rings (SSSR count). The third-order valence-corrected chi connectivity index (χ3v) is 4.98. The highest BCUT2D eigenvalue weighted by molar-refractivity contribution is 6.30. The van der Waals surface area contributed by atoms with Crippen molar-refractivity contribution in [3.63, 3.8) is 0 Å². The van der Waals surface area contributed by atoms with Gasteiger partial charge in [0.05, 0.1) is 17.5 Å². The average Bonchev–Trinajstić information content (AvgIpc) is 3.25. The minimum absolute atomic E-state index is 0.104. The predicted molar refractivity (Wildman–Crippen MR) is 102 cm³/mol. The number of pyridine rings is 1. The van der Waals surface area contributed by atoms with Crippen molar-refractivity contribution >= 4 is 22.6 Å². The van der Waals surface area contributed by atoms with Crippen LogP contribution in [0.2, 0.25) is 5.02 Å². The Balaban J connectivity index is 1.61. The molecule has 0 unspecified atom stereocenters. The number of fused-ring (bicyclic) bond motifs is 1. The number of halogens is 1. The van der Waals surface area contributed by atoms with Crippen LogP contribution < -0.4 is 10.9 Å². The van der Waals surface area contributed by atoms with Crippen molar-refractivity contribution in [1.82, 2.24) is 20.1 Å². The first-order valence-corrected chi connectivity index (χ1v) is 9.19. The van der Waals surface area contributed by atoms with Gasteiger partial charge in [-0.1, -0.05) is 11.6 Å². The summed E-state index contributed by atoms with van der Waals surface area (Å²) in [6.45, 7) is 4.05. The lowest BCUT2D eigenvalue weighted by atomic mass is 10.2. The molecule has 1 fully saturated rings. The molecule has 0 aliphatic carbocycles. The molecule has 1 saturated heterocycles. The molecule has 0 spiro atoms. The maximum absolute atomic E-state index is 12.5. The molecule has 1 aromatic carbocycles. The maximum atomic E-state index is 12.5. The first-order valence-electron chi connectivity index (χ1n) is 8.81. The lowest BCUT2D eigenvalue weighted by Gasteiger charge is -2.10. The number of H-pyrrole nitrogens is 1. The van der Waals surface area contributed by atoms with Crippen molar-refractivity contribution in [1.29, 1.82) is 0 Å². The van der Waals surface area contributed by atoms with Crippen molar-refractivity contribution in [3.05, 3.63) is 57.0 Å². The number of nitrogens with zero attached hydrogens (tertiary/aromatic N) is 2. The van der Waals surface area contributed by atoms with Crippen LogP contribution in [0.3, 0.4) is 0 Å². The summed E-state index contributed by atoms with van der Waals surface area (Å²) in [6, 6.07) is 9.29. The highest BCUT2D eigenvalue weighted by Crippen LogP contribution is 2.21. The average molecular weight is 373 g/mol. The van der Waals surface area contributed by atoms with Crippen LogP contribution >= 0.6 is 11.6 Å². The summed E-state index contributed by atoms with van der Waals surface area (Å²) in [5.41, 5.74) is 3.01. The molecular weight excluding hydrogens is 352 g/mol. The number of ether oxygens (including phenoxy) is 1. The Morgan fingerprint density at radius 2 is 2.19 bits per heavy atom. The Morgan fingerprint density at radius 3 is 2.92 bits per heavy atom. The van der Waals surface area contributed by atoms with Gasteiger partial charge in [-0.25, -0.2) is 4.68 Å². The number of aryl methyl sites for hydroxylation is 1. The van der Waals surface area contributed by atoms with E-state index in [1.165, 1.54) is 0 Å². The Kier molecular flexibility index (Phi) is 4.80. The number of benzene rings is 1. The Hall–Kier alpha value is -2.15. The molecule has 0 amide bonds.